The number of aromatic amines is 1. The number of nitrogens with zero attached hydrogens (tertiary/aromatic N) is 1. The van der Waals surface area contributed by atoms with Gasteiger partial charge < -0.3 is 9.72 Å². The largest absolute Gasteiger partial charge is 0.461 e. The predicted molar refractivity (Wildman–Crippen MR) is 75.2 cm³/mol. The molecular weight excluding hydrogens is 240 g/mol. The zero-order chi connectivity index (χ0) is 13.8. The summed E-state index contributed by atoms with van der Waals surface area (Å²) in [7, 11) is 0. The summed E-state index contributed by atoms with van der Waals surface area (Å²) in [6.07, 6.45) is 2.54. The fourth-order valence-corrected chi connectivity index (χ4v) is 2.54. The number of likely N-dealkylation sites (tertiary alicyclic amines) is 1. The molecule has 0 saturated carbocycles. The van der Waals surface area contributed by atoms with Crippen LogP contribution in [0.2, 0.25) is 0 Å². The van der Waals surface area contributed by atoms with Crippen molar-refractivity contribution in [2.75, 3.05) is 19.7 Å². The van der Waals surface area contributed by atoms with Gasteiger partial charge in [0.2, 0.25) is 0 Å². The highest BCUT2D eigenvalue weighted by atomic mass is 16.5. The van der Waals surface area contributed by atoms with E-state index in [1.165, 1.54) is 18.4 Å². The summed E-state index contributed by atoms with van der Waals surface area (Å²) in [4.78, 5) is 17.3. The number of nitrogens with one attached hydrogen (secondary N) is 1. The second-order valence-electron chi connectivity index (χ2n) is 5.51. The molecule has 0 bridgehead atoms. The monoisotopic (exact) mass is 264 g/mol. The molecule has 1 aromatic heterocycles. The summed E-state index contributed by atoms with van der Waals surface area (Å²) in [5.74, 6) is 0.586. The van der Waals surface area contributed by atoms with E-state index in [4.69, 9.17) is 4.74 Å². The van der Waals surface area contributed by atoms with E-state index in [1.807, 2.05) is 19.9 Å². The average molecular weight is 264 g/mol. The van der Waals surface area contributed by atoms with Gasteiger partial charge in [-0.15, -0.1) is 0 Å². The van der Waals surface area contributed by atoms with Gasteiger partial charge in [0.1, 0.15) is 5.69 Å². The van der Waals surface area contributed by atoms with E-state index in [9.17, 15) is 4.79 Å². The number of ether oxygens (including phenoxy) is 1. The van der Waals surface area contributed by atoms with Crippen molar-refractivity contribution in [2.45, 2.75) is 40.2 Å². The highest BCUT2D eigenvalue weighted by Gasteiger charge is 2.18. The molecule has 1 N–H and O–H groups in total. The van der Waals surface area contributed by atoms with Gasteiger partial charge in [0, 0.05) is 12.2 Å². The predicted octanol–water partition coefficient (Wildman–Crippen LogP) is 2.73. The Morgan fingerprint density at radius 2 is 2.16 bits per heavy atom. The molecule has 0 atom stereocenters. The van der Waals surface area contributed by atoms with Crippen molar-refractivity contribution < 1.29 is 9.53 Å². The zero-order valence-corrected chi connectivity index (χ0v) is 12.2. The zero-order valence-electron chi connectivity index (χ0n) is 12.2. The molecule has 2 heterocycles. The summed E-state index contributed by atoms with van der Waals surface area (Å²) < 4.78 is 5.02. The molecule has 1 aliphatic heterocycles. The van der Waals surface area contributed by atoms with E-state index in [1.54, 1.807) is 0 Å². The van der Waals surface area contributed by atoms with Crippen molar-refractivity contribution in [1.82, 2.24) is 9.88 Å². The lowest BCUT2D eigenvalue weighted by Gasteiger charge is -2.30. The van der Waals surface area contributed by atoms with Gasteiger partial charge >= 0.3 is 5.97 Å². The van der Waals surface area contributed by atoms with E-state index >= 15 is 0 Å². The van der Waals surface area contributed by atoms with Gasteiger partial charge in [0.15, 0.2) is 0 Å². The Kier molecular flexibility index (Phi) is 4.64. The van der Waals surface area contributed by atoms with E-state index in [-0.39, 0.29) is 5.97 Å². The second kappa shape index (κ2) is 6.24. The van der Waals surface area contributed by atoms with Crippen LogP contribution >= 0.6 is 0 Å². The highest BCUT2D eigenvalue weighted by Crippen LogP contribution is 2.20. The Hall–Kier alpha value is -1.29. The third kappa shape index (κ3) is 3.60. The molecule has 0 aromatic carbocycles. The van der Waals surface area contributed by atoms with Gasteiger partial charge in [0.25, 0.3) is 0 Å². The molecule has 0 spiro atoms. The van der Waals surface area contributed by atoms with Crippen molar-refractivity contribution in [3.63, 3.8) is 0 Å². The normalized spacial score (nSPS) is 17.6. The Bertz CT molecular complexity index is 431. The lowest BCUT2D eigenvalue weighted by atomic mass is 9.99. The second-order valence-corrected chi connectivity index (χ2v) is 5.51. The first kappa shape index (κ1) is 14.1. The Labute approximate surface area is 115 Å². The van der Waals surface area contributed by atoms with Gasteiger partial charge in [0.05, 0.1) is 6.61 Å². The first-order valence-corrected chi connectivity index (χ1v) is 7.18. The van der Waals surface area contributed by atoms with Crippen LogP contribution in [-0.4, -0.2) is 35.5 Å². The first-order chi connectivity index (χ1) is 9.10. The fraction of sp³-hybridized carbons (Fsp3) is 0.667. The molecule has 0 radical (unpaired) electrons. The molecule has 1 aliphatic rings. The minimum atomic E-state index is -0.260. The van der Waals surface area contributed by atoms with Gasteiger partial charge in [-0.3, -0.25) is 4.90 Å². The van der Waals surface area contributed by atoms with Gasteiger partial charge in [-0.05, 0) is 57.3 Å². The maximum atomic E-state index is 11.7. The number of aryl methyl sites for hydroxylation is 1. The number of carbonyl (C=O) groups is 1. The van der Waals surface area contributed by atoms with Crippen molar-refractivity contribution in [1.29, 1.82) is 0 Å². The van der Waals surface area contributed by atoms with Gasteiger partial charge in [-0.25, -0.2) is 4.79 Å². The van der Waals surface area contributed by atoms with Crippen LogP contribution in [0.4, 0.5) is 0 Å². The molecular formula is C15H24N2O2. The smallest absolute Gasteiger partial charge is 0.354 e. The molecule has 1 saturated heterocycles. The van der Waals surface area contributed by atoms with Crippen LogP contribution in [0, 0.1) is 12.8 Å². The molecule has 1 fully saturated rings. The number of esters is 1. The fourth-order valence-electron chi connectivity index (χ4n) is 2.54. The molecule has 19 heavy (non-hydrogen) atoms. The molecule has 4 nitrogen and oxygen atoms in total. The van der Waals surface area contributed by atoms with E-state index < -0.39 is 0 Å². The van der Waals surface area contributed by atoms with E-state index in [0.717, 1.165) is 31.2 Å². The Morgan fingerprint density at radius 1 is 1.47 bits per heavy atom. The summed E-state index contributed by atoms with van der Waals surface area (Å²) in [5.41, 5.74) is 2.85. The maximum absolute atomic E-state index is 11.7. The van der Waals surface area contributed by atoms with E-state index in [2.05, 4.69) is 16.8 Å². The lowest BCUT2D eigenvalue weighted by Crippen LogP contribution is -2.32. The van der Waals surface area contributed by atoms with Crippen molar-refractivity contribution >= 4 is 5.97 Å². The standard InChI is InChI=1S/C15H24N2O2/c1-4-19-15(18)14-9-13(12(3)16-14)10-17-7-5-11(2)6-8-17/h9,11,16H,4-8,10H2,1-3H3. The number of aromatic nitrogens is 1. The number of hydrogen-bond acceptors (Lipinski definition) is 3. The molecule has 106 valence electrons. The number of H-pyrrole nitrogens is 1. The quantitative estimate of drug-likeness (QED) is 0.850. The van der Waals surface area contributed by atoms with Crippen LogP contribution in [0.25, 0.3) is 0 Å². The van der Waals surface area contributed by atoms with Crippen molar-refractivity contribution in [3.8, 4) is 0 Å². The Balaban J connectivity index is 1.98. The van der Waals surface area contributed by atoms with Crippen LogP contribution in [0.15, 0.2) is 6.07 Å². The number of carbonyl (C=O) groups excluding carboxylic acids is 1. The molecule has 1 aromatic rings. The highest BCUT2D eigenvalue weighted by molar-refractivity contribution is 5.87. The van der Waals surface area contributed by atoms with Crippen molar-refractivity contribution in [2.24, 2.45) is 5.92 Å². The summed E-state index contributed by atoms with van der Waals surface area (Å²) in [6, 6.07) is 1.94. The Morgan fingerprint density at radius 3 is 2.79 bits per heavy atom. The van der Waals surface area contributed by atoms with Gasteiger partial charge in [-0.1, -0.05) is 6.92 Å². The van der Waals surface area contributed by atoms with Crippen LogP contribution in [0.3, 0.4) is 0 Å². The SMILES string of the molecule is CCOC(=O)c1cc(CN2CCC(C)CC2)c(C)[nH]1. The number of rotatable bonds is 4. The minimum absolute atomic E-state index is 0.260. The molecule has 0 aliphatic carbocycles. The molecule has 4 heteroatoms. The average Bonchev–Trinajstić information content (AvgIpc) is 2.74. The van der Waals surface area contributed by atoms with Crippen LogP contribution < -0.4 is 0 Å². The lowest BCUT2D eigenvalue weighted by molar-refractivity contribution is 0.0520. The van der Waals surface area contributed by atoms with Crippen LogP contribution in [-0.2, 0) is 11.3 Å². The summed E-state index contributed by atoms with van der Waals surface area (Å²) in [5, 5.41) is 0. The first-order valence-electron chi connectivity index (χ1n) is 7.18. The third-order valence-electron chi connectivity index (χ3n) is 3.89. The molecule has 0 amide bonds. The maximum Gasteiger partial charge on any atom is 0.354 e. The molecule has 2 rings (SSSR count). The number of piperidine rings is 1. The number of hydrogen-bond donors (Lipinski definition) is 1. The molecule has 0 unspecified atom stereocenters. The topological polar surface area (TPSA) is 45.3 Å². The van der Waals surface area contributed by atoms with Crippen LogP contribution in [0.5, 0.6) is 0 Å². The minimum Gasteiger partial charge on any atom is -0.461 e. The van der Waals surface area contributed by atoms with Crippen molar-refractivity contribution in [3.05, 3.63) is 23.0 Å². The van der Waals surface area contributed by atoms with Gasteiger partial charge in [-0.2, -0.15) is 0 Å². The third-order valence-corrected chi connectivity index (χ3v) is 3.89. The summed E-state index contributed by atoms with van der Waals surface area (Å²) >= 11 is 0. The van der Waals surface area contributed by atoms with Crippen LogP contribution in [0.1, 0.15) is 48.4 Å². The summed E-state index contributed by atoms with van der Waals surface area (Å²) in [6.45, 7) is 9.80. The van der Waals surface area contributed by atoms with E-state index in [0.29, 0.717) is 12.3 Å².